The van der Waals surface area contributed by atoms with Crippen molar-refractivity contribution in [1.82, 2.24) is 0 Å². The molecule has 0 spiro atoms. The summed E-state index contributed by atoms with van der Waals surface area (Å²) in [6, 6.07) is 0. The van der Waals surface area contributed by atoms with E-state index < -0.39 is 54.0 Å². The van der Waals surface area contributed by atoms with Crippen LogP contribution in [0.15, 0.2) is 0 Å². The van der Waals surface area contributed by atoms with Crippen LogP contribution in [0.1, 0.15) is 33.1 Å². The third kappa shape index (κ3) is 5.84. The molecule has 0 bridgehead atoms. The van der Waals surface area contributed by atoms with E-state index in [2.05, 4.69) is 8.62 Å². The molecular weight excluding hydrogens is 396 g/mol. The minimum absolute atomic E-state index is 0.189. The van der Waals surface area contributed by atoms with Gasteiger partial charge in [0.15, 0.2) is 0 Å². The smallest absolute Gasteiger partial charge is 0.324 e. The van der Waals surface area contributed by atoms with Crippen LogP contribution in [-0.2, 0) is 26.9 Å². The van der Waals surface area contributed by atoms with Crippen LogP contribution in [-0.4, -0.2) is 41.4 Å². The van der Waals surface area contributed by atoms with Crippen LogP contribution in [0.2, 0.25) is 0 Å². The zero-order valence-corrected chi connectivity index (χ0v) is 15.9. The van der Waals surface area contributed by atoms with Crippen LogP contribution in [0.4, 0.5) is 0 Å². The summed E-state index contributed by atoms with van der Waals surface area (Å²) in [6.45, 7) is 2.70. The fraction of sp³-hybridized carbons (Fsp3) is 1.00. The van der Waals surface area contributed by atoms with Gasteiger partial charge in [0.25, 0.3) is 0 Å². The van der Waals surface area contributed by atoms with Gasteiger partial charge in [-0.2, -0.15) is 0 Å². The summed E-state index contributed by atoms with van der Waals surface area (Å²) in [4.78, 5) is 46.2. The first-order valence-electron chi connectivity index (χ1n) is 6.56. The normalized spacial score (nSPS) is 39.6. The Morgan fingerprint density at radius 2 is 1.65 bits per heavy atom. The maximum atomic E-state index is 12.0. The van der Waals surface area contributed by atoms with E-state index >= 15 is 0 Å². The zero-order valence-electron chi connectivity index (χ0n) is 12.3. The van der Waals surface area contributed by atoms with Gasteiger partial charge in [0.2, 0.25) is 0 Å². The Labute approximate surface area is 132 Å². The molecule has 0 radical (unpaired) electrons. The second kappa shape index (κ2) is 7.10. The largest absolute Gasteiger partial charge is 0.476 e. The molecule has 1 aliphatic heterocycles. The highest BCUT2D eigenvalue weighted by atomic mass is 31.3. The van der Waals surface area contributed by atoms with E-state index in [4.69, 9.17) is 9.79 Å². The summed E-state index contributed by atoms with van der Waals surface area (Å²) in [6.07, 6.45) is -0.454. The first-order valence-corrected chi connectivity index (χ1v) is 13.0. The topological polar surface area (TPSA) is 188 Å². The van der Waals surface area contributed by atoms with Crippen molar-refractivity contribution >= 4 is 30.6 Å². The van der Waals surface area contributed by atoms with Gasteiger partial charge in [-0.1, -0.05) is 13.8 Å². The van der Waals surface area contributed by atoms with E-state index in [9.17, 15) is 32.9 Å². The predicted molar refractivity (Wildman–Crippen MR) is 80.3 cm³/mol. The molecule has 0 aromatic carbocycles. The number of phosphoric acid groups is 1. The average molecular weight is 416 g/mol. The SMILES string of the molecule is CCC1CC(CC(C)P(=O)(O)OP(=O)(O)O)P(=O)(O)OP1(=O)O. The van der Waals surface area contributed by atoms with Crippen molar-refractivity contribution in [3.8, 4) is 0 Å². The minimum atomic E-state index is -5.23. The van der Waals surface area contributed by atoms with Gasteiger partial charge in [-0.15, -0.1) is 0 Å². The Hall–Kier alpha value is 0.640. The average Bonchev–Trinajstić information content (AvgIpc) is 2.27. The fourth-order valence-corrected chi connectivity index (χ4v) is 9.48. The lowest BCUT2D eigenvalue weighted by Gasteiger charge is -2.36. The van der Waals surface area contributed by atoms with Crippen molar-refractivity contribution in [2.24, 2.45) is 0 Å². The zero-order chi connectivity index (χ0) is 18.3. The quantitative estimate of drug-likeness (QED) is 0.398. The summed E-state index contributed by atoms with van der Waals surface area (Å²) < 4.78 is 54.6. The molecule has 1 fully saturated rings. The molecule has 11 nitrogen and oxygen atoms in total. The second-order valence-corrected chi connectivity index (χ2v) is 13.4. The summed E-state index contributed by atoms with van der Waals surface area (Å²) in [5.74, 6) is 0. The van der Waals surface area contributed by atoms with Crippen molar-refractivity contribution in [3.05, 3.63) is 0 Å². The van der Waals surface area contributed by atoms with Crippen molar-refractivity contribution in [2.45, 2.75) is 50.1 Å². The van der Waals surface area contributed by atoms with Crippen molar-refractivity contribution in [1.29, 1.82) is 0 Å². The van der Waals surface area contributed by atoms with Crippen LogP contribution >= 0.6 is 30.6 Å². The lowest BCUT2D eigenvalue weighted by atomic mass is 10.1. The lowest BCUT2D eigenvalue weighted by Crippen LogP contribution is -2.28. The van der Waals surface area contributed by atoms with Gasteiger partial charge in [-0.05, 0) is 19.3 Å². The molecule has 23 heavy (non-hydrogen) atoms. The van der Waals surface area contributed by atoms with Crippen molar-refractivity contribution in [2.75, 3.05) is 0 Å². The summed E-state index contributed by atoms with van der Waals surface area (Å²) >= 11 is 0. The Kier molecular flexibility index (Phi) is 6.69. The first-order chi connectivity index (χ1) is 10.1. The van der Waals surface area contributed by atoms with E-state index in [0.29, 0.717) is 0 Å². The monoisotopic (exact) mass is 416 g/mol. The molecule has 0 aromatic rings. The molecule has 0 amide bonds. The highest BCUT2D eigenvalue weighted by Gasteiger charge is 2.52. The van der Waals surface area contributed by atoms with Crippen LogP contribution < -0.4 is 0 Å². The Morgan fingerprint density at radius 3 is 2.09 bits per heavy atom. The third-order valence-corrected chi connectivity index (χ3v) is 11.4. The molecule has 6 atom stereocenters. The van der Waals surface area contributed by atoms with E-state index in [1.54, 1.807) is 6.92 Å². The molecule has 0 aliphatic carbocycles. The Morgan fingerprint density at radius 1 is 1.17 bits per heavy atom. The molecule has 1 saturated heterocycles. The van der Waals surface area contributed by atoms with Crippen LogP contribution in [0.3, 0.4) is 0 Å². The molecule has 6 unspecified atom stereocenters. The number of rotatable bonds is 6. The molecule has 1 rings (SSSR count). The Bertz CT molecular complexity index is 626. The third-order valence-electron chi connectivity index (χ3n) is 3.57. The molecule has 1 heterocycles. The maximum absolute atomic E-state index is 12.0. The summed E-state index contributed by atoms with van der Waals surface area (Å²) in [5, 5.41) is 0. The van der Waals surface area contributed by atoms with Crippen LogP contribution in [0, 0.1) is 0 Å². The standard InChI is InChI=1S/C8H20O11P4/c1-3-7-5-8(22(13,14)18-21(7,11)12)4-6(2)20(9,10)19-23(15,16)17/h6-8H,3-5H2,1-2H3,(H,9,10)(H,11,12)(H,13,14)(H2,15,16,17). The van der Waals surface area contributed by atoms with Gasteiger partial charge < -0.3 is 24.5 Å². The highest BCUT2D eigenvalue weighted by Crippen LogP contribution is 2.72. The molecule has 1 aliphatic rings. The van der Waals surface area contributed by atoms with Gasteiger partial charge >= 0.3 is 30.6 Å². The second-order valence-electron chi connectivity index (χ2n) is 5.38. The van der Waals surface area contributed by atoms with E-state index in [1.165, 1.54) is 0 Å². The number of hydrogen-bond acceptors (Lipinski definition) is 6. The van der Waals surface area contributed by atoms with E-state index in [-0.39, 0.29) is 12.8 Å². The van der Waals surface area contributed by atoms with E-state index in [1.807, 2.05) is 0 Å². The molecule has 0 saturated carbocycles. The van der Waals surface area contributed by atoms with Gasteiger partial charge in [0, 0.05) is 0 Å². The van der Waals surface area contributed by atoms with Crippen molar-refractivity contribution < 1.29 is 51.3 Å². The maximum Gasteiger partial charge on any atom is 0.476 e. The fourth-order valence-electron chi connectivity index (χ4n) is 2.27. The minimum Gasteiger partial charge on any atom is -0.324 e. The Balaban J connectivity index is 2.94. The van der Waals surface area contributed by atoms with E-state index in [0.717, 1.165) is 6.92 Å². The molecule has 5 N–H and O–H groups in total. The van der Waals surface area contributed by atoms with Gasteiger partial charge in [0.05, 0.1) is 17.0 Å². The molecular formula is C8H20O11P4. The van der Waals surface area contributed by atoms with Crippen LogP contribution in [0.25, 0.3) is 0 Å². The van der Waals surface area contributed by atoms with Gasteiger partial charge in [0.1, 0.15) is 0 Å². The highest BCUT2D eigenvalue weighted by molar-refractivity contribution is 7.68. The number of hydrogen-bond donors (Lipinski definition) is 5. The predicted octanol–water partition coefficient (Wildman–Crippen LogP) is 2.00. The lowest BCUT2D eigenvalue weighted by molar-refractivity contribution is 0.258. The summed E-state index contributed by atoms with van der Waals surface area (Å²) in [5.41, 5.74) is -3.52. The van der Waals surface area contributed by atoms with Crippen LogP contribution in [0.5, 0.6) is 0 Å². The molecule has 15 heteroatoms. The van der Waals surface area contributed by atoms with Gasteiger partial charge in [-0.3, -0.25) is 13.7 Å². The molecule has 138 valence electrons. The summed E-state index contributed by atoms with van der Waals surface area (Å²) in [7, 11) is -18.8. The first kappa shape index (κ1) is 21.7. The molecule has 0 aromatic heterocycles. The van der Waals surface area contributed by atoms with Crippen molar-refractivity contribution in [3.63, 3.8) is 0 Å². The van der Waals surface area contributed by atoms with Gasteiger partial charge in [-0.25, -0.2) is 13.2 Å².